The summed E-state index contributed by atoms with van der Waals surface area (Å²) in [5, 5.41) is 2.94. The Morgan fingerprint density at radius 1 is 0.864 bits per heavy atom. The van der Waals surface area contributed by atoms with Crippen LogP contribution in [0.3, 0.4) is 0 Å². The van der Waals surface area contributed by atoms with Crippen LogP contribution >= 0.6 is 0 Å². The first-order valence-electron chi connectivity index (χ1n) is 20.6. The lowest BCUT2D eigenvalue weighted by atomic mass is 9.70. The molecule has 18 heteroatoms. The van der Waals surface area contributed by atoms with Crippen molar-refractivity contribution in [3.8, 4) is 0 Å². The fraction of sp³-hybridized carbons (Fsp3) is 0.756. The first kappa shape index (κ1) is 43.4. The number of hydrogen-bond donors (Lipinski definition) is 1. The lowest BCUT2D eigenvalue weighted by Gasteiger charge is -2.51. The van der Waals surface area contributed by atoms with E-state index in [4.69, 9.17) is 14.2 Å². The first-order chi connectivity index (χ1) is 27.5. The largest absolute Gasteiger partial charge is 0.444 e. The van der Waals surface area contributed by atoms with E-state index in [1.54, 1.807) is 32.6 Å². The number of fused-ring (bicyclic) bond motifs is 3. The van der Waals surface area contributed by atoms with Crippen LogP contribution in [0.1, 0.15) is 77.3 Å². The third kappa shape index (κ3) is 9.05. The molecule has 1 aromatic carbocycles. The summed E-state index contributed by atoms with van der Waals surface area (Å²) in [7, 11) is 0. The molecule has 4 amide bonds. The third-order valence-electron chi connectivity index (χ3n) is 13.3. The van der Waals surface area contributed by atoms with E-state index < -0.39 is 76.2 Å². The van der Waals surface area contributed by atoms with Crippen molar-refractivity contribution in [3.63, 3.8) is 0 Å². The van der Waals surface area contributed by atoms with Gasteiger partial charge >= 0.3 is 18.4 Å². The second kappa shape index (κ2) is 15.7. The van der Waals surface area contributed by atoms with Crippen LogP contribution in [-0.4, -0.2) is 139 Å². The number of likely N-dealkylation sites (tertiary alicyclic amines) is 2. The van der Waals surface area contributed by atoms with Gasteiger partial charge in [0.1, 0.15) is 17.1 Å². The van der Waals surface area contributed by atoms with Crippen LogP contribution in [0.2, 0.25) is 0 Å². The van der Waals surface area contributed by atoms with Crippen molar-refractivity contribution >= 4 is 23.8 Å². The van der Waals surface area contributed by atoms with Gasteiger partial charge in [0.2, 0.25) is 17.7 Å². The Morgan fingerprint density at radius 3 is 2.00 bits per heavy atom. The van der Waals surface area contributed by atoms with Gasteiger partial charge in [-0.1, -0.05) is 12.1 Å². The number of ether oxygens (including phenoxy) is 3. The van der Waals surface area contributed by atoms with Gasteiger partial charge in [0.25, 0.3) is 0 Å². The van der Waals surface area contributed by atoms with E-state index in [0.717, 1.165) is 42.7 Å². The number of carbonyl (C=O) groups excluding carboxylic acids is 4. The Balaban J connectivity index is 1.06. The lowest BCUT2D eigenvalue weighted by molar-refractivity contribution is -0.205. The number of nitrogens with one attached hydrogen (secondary N) is 1. The Bertz CT molecular complexity index is 1730. The number of benzene rings is 1. The topological polar surface area (TPSA) is 121 Å². The molecular formula is C41H55F6N5O7. The summed E-state index contributed by atoms with van der Waals surface area (Å²) in [5.74, 6) is -3.00. The van der Waals surface area contributed by atoms with Gasteiger partial charge in [-0.15, -0.1) is 0 Å². The molecule has 7 fully saturated rings. The summed E-state index contributed by atoms with van der Waals surface area (Å²) < 4.78 is 99.1. The van der Waals surface area contributed by atoms with Crippen LogP contribution in [0.15, 0.2) is 24.3 Å². The molecule has 328 valence electrons. The molecule has 2 bridgehead atoms. The highest BCUT2D eigenvalue weighted by molar-refractivity contribution is 5.91. The second-order valence-corrected chi connectivity index (χ2v) is 18.8. The Labute approximate surface area is 340 Å². The van der Waals surface area contributed by atoms with Crippen LogP contribution in [0.25, 0.3) is 0 Å². The van der Waals surface area contributed by atoms with Crippen LogP contribution in [-0.2, 0) is 41.3 Å². The average molecular weight is 844 g/mol. The zero-order valence-electron chi connectivity index (χ0n) is 34.1. The maximum atomic E-state index is 14.5. The summed E-state index contributed by atoms with van der Waals surface area (Å²) in [5.41, 5.74) is -4.63. The Hall–Kier alpha value is -3.64. The fourth-order valence-electron chi connectivity index (χ4n) is 9.43. The molecule has 5 saturated heterocycles. The lowest BCUT2D eigenvalue weighted by Crippen LogP contribution is -2.67. The minimum Gasteiger partial charge on any atom is -0.444 e. The highest BCUT2D eigenvalue weighted by Crippen LogP contribution is 2.60. The summed E-state index contributed by atoms with van der Waals surface area (Å²) >= 11 is 0. The molecule has 5 heterocycles. The maximum absolute atomic E-state index is 14.5. The van der Waals surface area contributed by atoms with Crippen molar-refractivity contribution in [2.24, 2.45) is 22.2 Å². The number of hydrogen-bond acceptors (Lipinski definition) is 8. The maximum Gasteiger partial charge on any atom is 0.416 e. The fourth-order valence-corrected chi connectivity index (χ4v) is 9.43. The minimum atomic E-state index is -4.71. The van der Waals surface area contributed by atoms with E-state index in [2.05, 4.69) is 5.32 Å². The van der Waals surface area contributed by atoms with Gasteiger partial charge in [0.15, 0.2) is 0 Å². The van der Waals surface area contributed by atoms with Crippen LogP contribution in [0.4, 0.5) is 31.1 Å². The van der Waals surface area contributed by atoms with Gasteiger partial charge in [0, 0.05) is 69.7 Å². The number of rotatable bonds is 10. The molecule has 12 nitrogen and oxygen atoms in total. The van der Waals surface area contributed by atoms with E-state index in [9.17, 15) is 45.5 Å². The highest BCUT2D eigenvalue weighted by Gasteiger charge is 2.72. The third-order valence-corrected chi connectivity index (χ3v) is 13.3. The first-order valence-corrected chi connectivity index (χ1v) is 20.6. The summed E-state index contributed by atoms with van der Waals surface area (Å²) in [6.07, 6.45) is -7.38. The monoisotopic (exact) mass is 843 g/mol. The molecule has 2 saturated carbocycles. The van der Waals surface area contributed by atoms with Crippen molar-refractivity contribution in [1.82, 2.24) is 24.9 Å². The zero-order valence-corrected chi connectivity index (χ0v) is 34.1. The SMILES string of the molecule is C[C@@H](OCC12CCC(CC1)OC2)[C@H](NC(=O)[C@@H]1CN(C(=O)OC(C)(C)C)CC12CN(C(=O)C1(C(F)(F)F)CC1)C2)C(=O)N1CCN(Cc2ccc(C(F)(F)F)cc2)CC1. The van der Waals surface area contributed by atoms with E-state index in [1.807, 2.05) is 4.90 Å². The van der Waals surface area contributed by atoms with Crippen molar-refractivity contribution in [2.45, 2.75) is 109 Å². The normalized spacial score (nSPS) is 27.6. The standard InChI is InChI=1S/C41H55F6N5O7/c1-26(57-24-37-11-9-29(10-12-37)58-25-37)31(33(54)50-17-15-49(16-18-50)19-27-5-7-28(8-6-27)40(42,43)44)48-32(53)30-20-51(35(56)59-36(2,3)4)21-38(30)22-52(23-38)34(55)39(13-14-39)41(45,46)47/h5-8,26,29-31H,9-25H2,1-4H3,(H,48,53)/t26-,29?,30+,31+,37?/m1/s1. The van der Waals surface area contributed by atoms with Crippen molar-refractivity contribution in [3.05, 3.63) is 35.4 Å². The quantitative estimate of drug-likeness (QED) is 0.318. The summed E-state index contributed by atoms with van der Waals surface area (Å²) in [4.78, 5) is 61.6. The van der Waals surface area contributed by atoms with Gasteiger partial charge in [0.05, 0.1) is 36.9 Å². The Morgan fingerprint density at radius 2 is 1.47 bits per heavy atom. The van der Waals surface area contributed by atoms with Crippen LogP contribution in [0, 0.1) is 22.2 Å². The van der Waals surface area contributed by atoms with Gasteiger partial charge in [-0.25, -0.2) is 4.79 Å². The molecule has 0 radical (unpaired) electrons. The zero-order chi connectivity index (χ0) is 42.8. The second-order valence-electron chi connectivity index (χ2n) is 18.8. The number of amides is 4. The Kier molecular flexibility index (Phi) is 11.5. The van der Waals surface area contributed by atoms with Crippen molar-refractivity contribution < 1.29 is 59.7 Å². The number of halogens is 6. The van der Waals surface area contributed by atoms with Crippen LogP contribution < -0.4 is 5.32 Å². The summed E-state index contributed by atoms with van der Waals surface area (Å²) in [6.45, 7) is 8.88. The molecule has 7 aliphatic rings. The number of nitrogens with zero attached hydrogens (tertiary/aromatic N) is 4. The number of alkyl halides is 6. The van der Waals surface area contributed by atoms with E-state index in [-0.39, 0.29) is 63.6 Å². The molecule has 2 aliphatic carbocycles. The molecule has 8 rings (SSSR count). The number of piperazine rings is 1. The molecule has 1 aromatic rings. The highest BCUT2D eigenvalue weighted by atomic mass is 19.4. The minimum absolute atomic E-state index is 0.0299. The van der Waals surface area contributed by atoms with E-state index in [0.29, 0.717) is 38.4 Å². The van der Waals surface area contributed by atoms with Gasteiger partial charge in [-0.2, -0.15) is 26.3 Å². The number of carbonyl (C=O) groups is 4. The predicted molar refractivity (Wildman–Crippen MR) is 199 cm³/mol. The molecular weight excluding hydrogens is 788 g/mol. The molecule has 5 aliphatic heterocycles. The molecule has 0 unspecified atom stereocenters. The molecule has 3 atom stereocenters. The predicted octanol–water partition coefficient (Wildman–Crippen LogP) is 5.24. The molecule has 1 spiro atoms. The molecule has 1 N–H and O–H groups in total. The van der Waals surface area contributed by atoms with E-state index in [1.165, 1.54) is 17.0 Å². The van der Waals surface area contributed by atoms with Crippen molar-refractivity contribution in [2.75, 3.05) is 65.6 Å². The van der Waals surface area contributed by atoms with Gasteiger partial charge < -0.3 is 34.2 Å². The van der Waals surface area contributed by atoms with Gasteiger partial charge in [-0.05, 0) is 83.9 Å². The van der Waals surface area contributed by atoms with Crippen LogP contribution in [0.5, 0.6) is 0 Å². The van der Waals surface area contributed by atoms with E-state index >= 15 is 0 Å². The average Bonchev–Trinajstić information content (AvgIpc) is 3.89. The molecule has 0 aromatic heterocycles. The molecule has 59 heavy (non-hydrogen) atoms. The van der Waals surface area contributed by atoms with Gasteiger partial charge in [-0.3, -0.25) is 19.3 Å². The summed E-state index contributed by atoms with van der Waals surface area (Å²) in [6, 6.07) is 3.78. The van der Waals surface area contributed by atoms with Crippen molar-refractivity contribution in [1.29, 1.82) is 0 Å². The smallest absolute Gasteiger partial charge is 0.416 e.